The Hall–Kier alpha value is -2.96. The predicted molar refractivity (Wildman–Crippen MR) is 80.2 cm³/mol. The van der Waals surface area contributed by atoms with Crippen LogP contribution in [0.4, 0.5) is 22.0 Å². The number of rotatable bonds is 3. The van der Waals surface area contributed by atoms with Crippen LogP contribution in [0.1, 0.15) is 15.9 Å². The molecule has 3 rings (SSSR count). The first-order chi connectivity index (χ1) is 11.8. The van der Waals surface area contributed by atoms with Crippen molar-refractivity contribution in [1.82, 2.24) is 0 Å². The van der Waals surface area contributed by atoms with Crippen molar-refractivity contribution >= 4 is 16.6 Å². The summed E-state index contributed by atoms with van der Waals surface area (Å²) in [5.74, 6) is -11.7. The summed E-state index contributed by atoms with van der Waals surface area (Å²) in [4.78, 5) is 12.3. The van der Waals surface area contributed by atoms with E-state index in [0.717, 1.165) is 0 Å². The minimum atomic E-state index is -2.31. The molecule has 0 amide bonds. The fourth-order valence-electron chi connectivity index (χ4n) is 2.44. The maximum atomic E-state index is 13.8. The van der Waals surface area contributed by atoms with Gasteiger partial charge in [0.1, 0.15) is 11.3 Å². The summed E-state index contributed by atoms with van der Waals surface area (Å²) < 4.78 is 72.3. The molecule has 0 saturated carbocycles. The third kappa shape index (κ3) is 2.71. The summed E-state index contributed by atoms with van der Waals surface area (Å²) in [6.07, 6.45) is 0. The van der Waals surface area contributed by atoms with Gasteiger partial charge in [-0.1, -0.05) is 18.2 Å². The number of methoxy groups -OCH3 is 1. The highest BCUT2D eigenvalue weighted by Gasteiger charge is 2.30. The quantitative estimate of drug-likeness (QED) is 0.294. The Bertz CT molecular complexity index is 985. The van der Waals surface area contributed by atoms with Gasteiger partial charge in [-0.3, -0.25) is 4.79 Å². The number of benzene rings is 3. The lowest BCUT2D eigenvalue weighted by Gasteiger charge is -2.09. The molecule has 0 heterocycles. The number of hydrogen-bond acceptors (Lipinski definition) is 2. The van der Waals surface area contributed by atoms with Gasteiger partial charge in [0.05, 0.1) is 7.11 Å². The Kier molecular flexibility index (Phi) is 4.16. The highest BCUT2D eigenvalue weighted by atomic mass is 19.2. The smallest absolute Gasteiger partial charge is 0.200 e. The zero-order valence-corrected chi connectivity index (χ0v) is 12.7. The molecule has 3 aromatic rings. The molecule has 0 bridgehead atoms. The fourth-order valence-corrected chi connectivity index (χ4v) is 2.44. The zero-order valence-electron chi connectivity index (χ0n) is 12.7. The van der Waals surface area contributed by atoms with Gasteiger partial charge in [0.15, 0.2) is 29.1 Å². The molecule has 0 saturated heterocycles. The monoisotopic (exact) mass is 352 g/mol. The molecule has 3 aromatic carbocycles. The predicted octanol–water partition coefficient (Wildman–Crippen LogP) is 4.77. The second kappa shape index (κ2) is 6.16. The van der Waals surface area contributed by atoms with E-state index in [2.05, 4.69) is 0 Å². The van der Waals surface area contributed by atoms with E-state index < -0.39 is 40.4 Å². The van der Waals surface area contributed by atoms with Crippen molar-refractivity contribution in [3.05, 3.63) is 76.6 Å². The average Bonchev–Trinajstić information content (AvgIpc) is 2.63. The Morgan fingerprint density at radius 1 is 0.760 bits per heavy atom. The summed E-state index contributed by atoms with van der Waals surface area (Å²) in [5.41, 5.74) is -1.69. The first-order valence-electron chi connectivity index (χ1n) is 6.99. The van der Waals surface area contributed by atoms with Gasteiger partial charge in [-0.25, -0.2) is 22.0 Å². The Morgan fingerprint density at radius 2 is 1.28 bits per heavy atom. The van der Waals surface area contributed by atoms with E-state index in [4.69, 9.17) is 4.74 Å². The van der Waals surface area contributed by atoms with Crippen LogP contribution in [0.25, 0.3) is 10.8 Å². The van der Waals surface area contributed by atoms with Crippen LogP contribution >= 0.6 is 0 Å². The number of carbonyl (C=O) groups is 1. The molecule has 0 atom stereocenters. The van der Waals surface area contributed by atoms with Crippen molar-refractivity contribution in [3.8, 4) is 5.75 Å². The van der Waals surface area contributed by atoms with E-state index in [1.165, 1.54) is 25.3 Å². The van der Waals surface area contributed by atoms with Crippen LogP contribution in [0.2, 0.25) is 0 Å². The van der Waals surface area contributed by atoms with Gasteiger partial charge in [-0.15, -0.1) is 0 Å². The van der Waals surface area contributed by atoms with Crippen molar-refractivity contribution in [2.75, 3.05) is 7.11 Å². The van der Waals surface area contributed by atoms with Gasteiger partial charge in [0.25, 0.3) is 0 Å². The van der Waals surface area contributed by atoms with Crippen LogP contribution in [0.3, 0.4) is 0 Å². The molecule has 0 aromatic heterocycles. The molecule has 0 aliphatic heterocycles. The molecular formula is C18H9F5O2. The number of halogens is 5. The van der Waals surface area contributed by atoms with E-state index >= 15 is 0 Å². The van der Waals surface area contributed by atoms with Gasteiger partial charge in [-0.05, 0) is 29.0 Å². The number of fused-ring (bicyclic) bond motifs is 1. The van der Waals surface area contributed by atoms with Crippen molar-refractivity contribution in [2.24, 2.45) is 0 Å². The maximum absolute atomic E-state index is 13.8. The maximum Gasteiger partial charge on any atom is 0.200 e. The molecule has 0 fully saturated rings. The second-order valence-corrected chi connectivity index (χ2v) is 5.20. The SMILES string of the molecule is COc1ccc2cc(C(=O)c3c(F)c(F)c(F)c(F)c3F)ccc2c1. The van der Waals surface area contributed by atoms with Gasteiger partial charge in [-0.2, -0.15) is 0 Å². The minimum Gasteiger partial charge on any atom is -0.497 e. The normalized spacial score (nSPS) is 11.0. The molecule has 0 spiro atoms. The first-order valence-corrected chi connectivity index (χ1v) is 6.99. The number of hydrogen-bond donors (Lipinski definition) is 0. The number of ether oxygens (including phenoxy) is 1. The van der Waals surface area contributed by atoms with Crippen molar-refractivity contribution in [1.29, 1.82) is 0 Å². The van der Waals surface area contributed by atoms with Crippen LogP contribution in [-0.4, -0.2) is 12.9 Å². The molecule has 7 heteroatoms. The Morgan fingerprint density at radius 3 is 1.88 bits per heavy atom. The summed E-state index contributed by atoms with van der Waals surface area (Å²) in [6.45, 7) is 0. The third-order valence-electron chi connectivity index (χ3n) is 3.75. The van der Waals surface area contributed by atoms with Crippen LogP contribution in [-0.2, 0) is 0 Å². The molecule has 0 N–H and O–H groups in total. The zero-order chi connectivity index (χ0) is 18.3. The molecule has 0 aliphatic carbocycles. The van der Waals surface area contributed by atoms with E-state index in [0.29, 0.717) is 16.5 Å². The molecule has 0 unspecified atom stereocenters. The molecule has 0 aliphatic rings. The van der Waals surface area contributed by atoms with Crippen LogP contribution in [0, 0.1) is 29.1 Å². The van der Waals surface area contributed by atoms with Gasteiger partial charge in [0, 0.05) is 5.56 Å². The molecule has 25 heavy (non-hydrogen) atoms. The topological polar surface area (TPSA) is 26.3 Å². The lowest BCUT2D eigenvalue weighted by Crippen LogP contribution is -2.13. The minimum absolute atomic E-state index is 0.208. The van der Waals surface area contributed by atoms with Crippen LogP contribution in [0.5, 0.6) is 5.75 Å². The molecular weight excluding hydrogens is 343 g/mol. The van der Waals surface area contributed by atoms with E-state index in [-0.39, 0.29) is 5.56 Å². The van der Waals surface area contributed by atoms with Gasteiger partial charge < -0.3 is 4.74 Å². The summed E-state index contributed by atoms with van der Waals surface area (Å²) in [5, 5.41) is 1.21. The van der Waals surface area contributed by atoms with E-state index in [1.807, 2.05) is 0 Å². The molecule has 0 radical (unpaired) electrons. The van der Waals surface area contributed by atoms with Crippen LogP contribution < -0.4 is 4.74 Å². The number of carbonyl (C=O) groups excluding carboxylic acids is 1. The van der Waals surface area contributed by atoms with Gasteiger partial charge in [0.2, 0.25) is 5.82 Å². The Balaban J connectivity index is 2.15. The highest BCUT2D eigenvalue weighted by Crippen LogP contribution is 2.27. The summed E-state index contributed by atoms with van der Waals surface area (Å²) in [6, 6.07) is 8.90. The summed E-state index contributed by atoms with van der Waals surface area (Å²) in [7, 11) is 1.47. The molecule has 128 valence electrons. The van der Waals surface area contributed by atoms with E-state index in [9.17, 15) is 26.7 Å². The van der Waals surface area contributed by atoms with Crippen LogP contribution in [0.15, 0.2) is 36.4 Å². The van der Waals surface area contributed by atoms with E-state index in [1.54, 1.807) is 18.2 Å². The largest absolute Gasteiger partial charge is 0.497 e. The third-order valence-corrected chi connectivity index (χ3v) is 3.75. The molecule has 2 nitrogen and oxygen atoms in total. The average molecular weight is 352 g/mol. The summed E-state index contributed by atoms with van der Waals surface area (Å²) >= 11 is 0. The highest BCUT2D eigenvalue weighted by molar-refractivity contribution is 6.11. The first kappa shape index (κ1) is 16.9. The lowest BCUT2D eigenvalue weighted by atomic mass is 9.98. The van der Waals surface area contributed by atoms with Crippen molar-refractivity contribution in [3.63, 3.8) is 0 Å². The number of ketones is 1. The fraction of sp³-hybridized carbons (Fsp3) is 0.0556. The van der Waals surface area contributed by atoms with Crippen molar-refractivity contribution < 1.29 is 31.5 Å². The second-order valence-electron chi connectivity index (χ2n) is 5.20. The van der Waals surface area contributed by atoms with Gasteiger partial charge >= 0.3 is 0 Å². The van der Waals surface area contributed by atoms with Crippen molar-refractivity contribution in [2.45, 2.75) is 0 Å². The standard InChI is InChI=1S/C18H9F5O2/c1-25-11-5-4-8-6-10(3-2-9(8)7-11)18(24)12-13(19)15(21)17(23)16(22)14(12)20/h2-7H,1H3. The Labute approximate surface area is 138 Å². The lowest BCUT2D eigenvalue weighted by molar-refractivity contribution is 0.102.